The Kier molecular flexibility index (Phi) is 7.23. The van der Waals surface area contributed by atoms with E-state index in [1.165, 1.54) is 0 Å². The molecule has 0 radical (unpaired) electrons. The topological polar surface area (TPSA) is 51.5 Å². The Balaban J connectivity index is 1.60. The summed E-state index contributed by atoms with van der Waals surface area (Å²) in [7, 11) is 1.81. The maximum absolute atomic E-state index is 12.9. The molecule has 5 heteroatoms. The first-order chi connectivity index (χ1) is 16.6. The van der Waals surface area contributed by atoms with E-state index in [4.69, 9.17) is 4.74 Å². The molecule has 5 nitrogen and oxygen atoms in total. The molecule has 0 fully saturated rings. The maximum atomic E-state index is 12.9. The third-order valence-electron chi connectivity index (χ3n) is 5.68. The Hall–Kier alpha value is -4.12. The van der Waals surface area contributed by atoms with Crippen molar-refractivity contribution in [3.8, 4) is 22.5 Å². The summed E-state index contributed by atoms with van der Waals surface area (Å²) in [5.41, 5.74) is 5.48. The van der Waals surface area contributed by atoms with Gasteiger partial charge in [-0.2, -0.15) is 0 Å². The van der Waals surface area contributed by atoms with Crippen LogP contribution >= 0.6 is 0 Å². The first-order valence-electron chi connectivity index (χ1n) is 11.4. The van der Waals surface area contributed by atoms with E-state index in [9.17, 15) is 9.59 Å². The van der Waals surface area contributed by atoms with Gasteiger partial charge in [0.2, 0.25) is 0 Å². The van der Waals surface area contributed by atoms with E-state index in [-0.39, 0.29) is 18.4 Å². The number of carbonyl (C=O) groups is 2. The van der Waals surface area contributed by atoms with Gasteiger partial charge in [-0.15, -0.1) is 0 Å². The number of nitrogens with zero attached hydrogens (tertiary/aromatic N) is 2. The summed E-state index contributed by atoms with van der Waals surface area (Å²) in [6.45, 7) is 2.80. The molecule has 1 heterocycles. The normalized spacial score (nSPS) is 10.6. The number of amides is 1. The van der Waals surface area contributed by atoms with Crippen molar-refractivity contribution < 1.29 is 14.3 Å². The van der Waals surface area contributed by atoms with Crippen LogP contribution in [0.2, 0.25) is 0 Å². The van der Waals surface area contributed by atoms with Crippen molar-refractivity contribution in [2.24, 2.45) is 0 Å². The molecule has 0 aliphatic rings. The van der Waals surface area contributed by atoms with Gasteiger partial charge in [0.15, 0.2) is 0 Å². The van der Waals surface area contributed by atoms with Crippen LogP contribution < -0.4 is 0 Å². The second-order valence-electron chi connectivity index (χ2n) is 8.09. The third-order valence-corrected chi connectivity index (χ3v) is 5.68. The fourth-order valence-corrected chi connectivity index (χ4v) is 4.02. The lowest BCUT2D eigenvalue weighted by Crippen LogP contribution is -2.26. The minimum absolute atomic E-state index is 0.0396. The lowest BCUT2D eigenvalue weighted by atomic mass is 10.1. The van der Waals surface area contributed by atoms with E-state index < -0.39 is 0 Å². The Morgan fingerprint density at radius 1 is 0.765 bits per heavy atom. The lowest BCUT2D eigenvalue weighted by molar-refractivity contribution is -0.143. The third kappa shape index (κ3) is 5.26. The highest BCUT2D eigenvalue weighted by atomic mass is 16.5. The zero-order valence-electron chi connectivity index (χ0n) is 19.5. The average molecular weight is 453 g/mol. The summed E-state index contributed by atoms with van der Waals surface area (Å²) in [6.07, 6.45) is 0. The highest BCUT2D eigenvalue weighted by molar-refractivity contribution is 5.94. The van der Waals surface area contributed by atoms with Gasteiger partial charge in [0.1, 0.15) is 6.54 Å². The van der Waals surface area contributed by atoms with Crippen LogP contribution in [0.3, 0.4) is 0 Å². The number of hydrogen-bond donors (Lipinski definition) is 0. The van der Waals surface area contributed by atoms with Gasteiger partial charge in [0.25, 0.3) is 5.91 Å². The monoisotopic (exact) mass is 452 g/mol. The molecule has 1 aromatic heterocycles. The first-order valence-corrected chi connectivity index (χ1v) is 11.4. The summed E-state index contributed by atoms with van der Waals surface area (Å²) in [4.78, 5) is 27.0. The molecule has 0 unspecified atom stereocenters. The number of esters is 1. The van der Waals surface area contributed by atoms with Gasteiger partial charge in [-0.1, -0.05) is 72.8 Å². The predicted octanol–water partition coefficient (Wildman–Crippen LogP) is 5.66. The molecule has 0 bridgehead atoms. The molecular weight excluding hydrogens is 424 g/mol. The zero-order valence-corrected chi connectivity index (χ0v) is 19.5. The molecule has 0 spiro atoms. The smallest absolute Gasteiger partial charge is 0.325 e. The van der Waals surface area contributed by atoms with Crippen molar-refractivity contribution in [1.82, 2.24) is 9.47 Å². The molecule has 4 aromatic rings. The van der Waals surface area contributed by atoms with Crippen LogP contribution in [-0.4, -0.2) is 35.0 Å². The van der Waals surface area contributed by atoms with Crippen molar-refractivity contribution >= 4 is 11.9 Å². The van der Waals surface area contributed by atoms with Crippen LogP contribution in [0, 0.1) is 0 Å². The molecule has 0 saturated heterocycles. The number of carbonyl (C=O) groups excluding carboxylic acids is 2. The maximum Gasteiger partial charge on any atom is 0.325 e. The van der Waals surface area contributed by atoms with Crippen LogP contribution in [0.4, 0.5) is 0 Å². The minimum atomic E-state index is -0.286. The molecule has 0 N–H and O–H groups in total. The second-order valence-corrected chi connectivity index (χ2v) is 8.09. The van der Waals surface area contributed by atoms with Crippen LogP contribution in [0.1, 0.15) is 22.8 Å². The van der Waals surface area contributed by atoms with Crippen LogP contribution in [0.15, 0.2) is 97.1 Å². The summed E-state index contributed by atoms with van der Waals surface area (Å²) < 4.78 is 7.18. The number of rotatable bonds is 8. The SMILES string of the molecule is CCOC(=O)Cn1c(-c2ccccc2)ccc1-c1ccc(C(=O)N(C)Cc2ccccc2)cc1. The fraction of sp³-hybridized carbons (Fsp3) is 0.172. The van der Waals surface area contributed by atoms with Gasteiger partial charge in [-0.3, -0.25) is 9.59 Å². The van der Waals surface area contributed by atoms with Gasteiger partial charge in [0, 0.05) is 30.5 Å². The molecule has 3 aromatic carbocycles. The summed E-state index contributed by atoms with van der Waals surface area (Å²) >= 11 is 0. The number of aromatic nitrogens is 1. The summed E-state index contributed by atoms with van der Waals surface area (Å²) in [5, 5.41) is 0. The van der Waals surface area contributed by atoms with E-state index in [1.54, 1.807) is 18.9 Å². The number of benzene rings is 3. The van der Waals surface area contributed by atoms with E-state index >= 15 is 0 Å². The highest BCUT2D eigenvalue weighted by Gasteiger charge is 2.17. The van der Waals surface area contributed by atoms with Crippen LogP contribution in [0.5, 0.6) is 0 Å². The summed E-state index contributed by atoms with van der Waals surface area (Å²) in [5.74, 6) is -0.325. The van der Waals surface area contributed by atoms with Crippen molar-refractivity contribution in [1.29, 1.82) is 0 Å². The Labute approximate surface area is 200 Å². The predicted molar refractivity (Wildman–Crippen MR) is 134 cm³/mol. The van der Waals surface area contributed by atoms with E-state index in [1.807, 2.05) is 102 Å². The number of ether oxygens (including phenoxy) is 1. The Morgan fingerprint density at radius 2 is 1.32 bits per heavy atom. The van der Waals surface area contributed by atoms with Crippen molar-refractivity contribution in [3.05, 3.63) is 108 Å². The van der Waals surface area contributed by atoms with Gasteiger partial charge >= 0.3 is 5.97 Å². The Bertz CT molecular complexity index is 1250. The minimum Gasteiger partial charge on any atom is -0.465 e. The van der Waals surface area contributed by atoms with E-state index in [0.717, 1.165) is 28.1 Å². The van der Waals surface area contributed by atoms with E-state index in [2.05, 4.69) is 0 Å². The van der Waals surface area contributed by atoms with E-state index in [0.29, 0.717) is 18.7 Å². The molecular formula is C29H28N2O3. The molecule has 34 heavy (non-hydrogen) atoms. The molecule has 0 aliphatic carbocycles. The van der Waals surface area contributed by atoms with Crippen LogP contribution in [-0.2, 0) is 22.6 Å². The highest BCUT2D eigenvalue weighted by Crippen LogP contribution is 2.29. The zero-order chi connectivity index (χ0) is 23.9. The van der Waals surface area contributed by atoms with Crippen molar-refractivity contribution in [3.63, 3.8) is 0 Å². The lowest BCUT2D eigenvalue weighted by Gasteiger charge is -2.18. The summed E-state index contributed by atoms with van der Waals surface area (Å²) in [6, 6.07) is 31.4. The van der Waals surface area contributed by atoms with Crippen molar-refractivity contribution in [2.45, 2.75) is 20.0 Å². The Morgan fingerprint density at radius 3 is 1.91 bits per heavy atom. The standard InChI is InChI=1S/C29H28N2O3/c1-3-34-28(32)21-31-26(23-12-8-5-9-13-23)18-19-27(31)24-14-16-25(17-15-24)29(33)30(2)20-22-10-6-4-7-11-22/h4-19H,3,20-21H2,1-2H3. The molecule has 0 aliphatic heterocycles. The largest absolute Gasteiger partial charge is 0.465 e. The molecule has 172 valence electrons. The van der Waals surface area contributed by atoms with Crippen molar-refractivity contribution in [2.75, 3.05) is 13.7 Å². The fourth-order valence-electron chi connectivity index (χ4n) is 4.02. The molecule has 1 amide bonds. The van der Waals surface area contributed by atoms with Gasteiger partial charge in [0.05, 0.1) is 6.61 Å². The number of hydrogen-bond acceptors (Lipinski definition) is 3. The average Bonchev–Trinajstić information content (AvgIpc) is 3.28. The second kappa shape index (κ2) is 10.7. The molecule has 0 saturated carbocycles. The quantitative estimate of drug-likeness (QED) is 0.324. The molecule has 0 atom stereocenters. The van der Waals surface area contributed by atoms with Gasteiger partial charge < -0.3 is 14.2 Å². The van der Waals surface area contributed by atoms with Crippen LogP contribution in [0.25, 0.3) is 22.5 Å². The first kappa shape index (κ1) is 23.1. The van der Waals surface area contributed by atoms with Gasteiger partial charge in [-0.05, 0) is 47.9 Å². The molecule has 4 rings (SSSR count). The van der Waals surface area contributed by atoms with Gasteiger partial charge in [-0.25, -0.2) is 0 Å².